The minimum absolute atomic E-state index is 0.0763. The fraction of sp³-hybridized carbons (Fsp3) is 0.381. The zero-order valence-electron chi connectivity index (χ0n) is 17.4. The van der Waals surface area contributed by atoms with Crippen molar-refractivity contribution in [1.82, 2.24) is 14.8 Å². The average Bonchev–Trinajstić information content (AvgIpc) is 3.33. The van der Waals surface area contributed by atoms with E-state index in [4.69, 9.17) is 16.2 Å². The molecular formula is C21H22F3N5O4. The minimum atomic E-state index is -4.76. The molecule has 2 unspecified atom stereocenters. The van der Waals surface area contributed by atoms with Gasteiger partial charge in [-0.1, -0.05) is 12.1 Å². The number of anilines is 2. The van der Waals surface area contributed by atoms with Gasteiger partial charge in [0.2, 0.25) is 0 Å². The Labute approximate surface area is 187 Å². The van der Waals surface area contributed by atoms with E-state index in [0.717, 1.165) is 12.1 Å². The molecule has 33 heavy (non-hydrogen) atoms. The molecule has 0 radical (unpaired) electrons. The lowest BCUT2D eigenvalue weighted by atomic mass is 10.0. The number of nitrogen functional groups attached to an aromatic ring is 2. The highest BCUT2D eigenvalue weighted by Crippen LogP contribution is 2.32. The number of carbonyl (C=O) groups excluding carboxylic acids is 2. The highest BCUT2D eigenvalue weighted by atomic mass is 19.4. The lowest BCUT2D eigenvalue weighted by Gasteiger charge is -2.21. The molecule has 2 amide bonds. The van der Waals surface area contributed by atoms with E-state index >= 15 is 0 Å². The Morgan fingerprint density at radius 1 is 1.03 bits per heavy atom. The molecule has 0 spiro atoms. The number of aromatic nitrogens is 1. The van der Waals surface area contributed by atoms with Crippen molar-refractivity contribution < 1.29 is 32.2 Å². The van der Waals surface area contributed by atoms with Gasteiger partial charge in [-0.15, -0.1) is 13.2 Å². The fourth-order valence-corrected chi connectivity index (χ4v) is 4.12. The predicted octanol–water partition coefficient (Wildman–Crippen LogP) is 2.49. The molecule has 1 aromatic carbocycles. The average molecular weight is 465 g/mol. The van der Waals surface area contributed by atoms with Crippen molar-refractivity contribution in [1.29, 1.82) is 0 Å². The van der Waals surface area contributed by atoms with Gasteiger partial charge in [0, 0.05) is 44.2 Å². The topological polar surface area (TPSA) is 124 Å². The Hall–Kier alpha value is -3.70. The van der Waals surface area contributed by atoms with Crippen LogP contribution in [-0.2, 0) is 11.3 Å². The number of hydrogen-bond donors (Lipinski definition) is 2. The van der Waals surface area contributed by atoms with E-state index in [-0.39, 0.29) is 41.6 Å². The van der Waals surface area contributed by atoms with Gasteiger partial charge in [0.05, 0.1) is 11.3 Å². The third kappa shape index (κ3) is 5.21. The molecule has 0 aliphatic carbocycles. The van der Waals surface area contributed by atoms with E-state index in [1.807, 2.05) is 0 Å². The first-order chi connectivity index (χ1) is 15.6. The van der Waals surface area contributed by atoms with Crippen LogP contribution < -0.4 is 16.2 Å². The van der Waals surface area contributed by atoms with Crippen molar-refractivity contribution >= 4 is 23.5 Å². The van der Waals surface area contributed by atoms with Crippen LogP contribution in [0, 0.1) is 11.8 Å². The number of ether oxygens (including phenoxy) is 2. The van der Waals surface area contributed by atoms with Crippen molar-refractivity contribution in [3.63, 3.8) is 0 Å². The van der Waals surface area contributed by atoms with Crippen molar-refractivity contribution in [2.45, 2.75) is 13.0 Å². The number of nitrogens with zero attached hydrogens (tertiary/aromatic N) is 3. The molecule has 4 rings (SSSR count). The number of halogens is 3. The second-order valence-electron chi connectivity index (χ2n) is 8.08. The molecule has 3 heterocycles. The van der Waals surface area contributed by atoms with Gasteiger partial charge < -0.3 is 30.7 Å². The Balaban J connectivity index is 1.26. The second kappa shape index (κ2) is 8.68. The molecule has 2 aliphatic rings. The van der Waals surface area contributed by atoms with E-state index in [1.165, 1.54) is 24.4 Å². The Morgan fingerprint density at radius 3 is 2.21 bits per heavy atom. The molecule has 0 bridgehead atoms. The summed E-state index contributed by atoms with van der Waals surface area (Å²) in [6.07, 6.45) is -3.87. The summed E-state index contributed by atoms with van der Waals surface area (Å²) in [6, 6.07) is 6.62. The van der Waals surface area contributed by atoms with E-state index in [9.17, 15) is 22.8 Å². The predicted molar refractivity (Wildman–Crippen MR) is 111 cm³/mol. The van der Waals surface area contributed by atoms with Crippen LogP contribution in [0.1, 0.15) is 15.9 Å². The number of nitrogens with two attached hydrogens (primary N) is 2. The number of amides is 2. The van der Waals surface area contributed by atoms with Gasteiger partial charge in [0.1, 0.15) is 18.2 Å². The van der Waals surface area contributed by atoms with E-state index in [0.29, 0.717) is 37.3 Å². The summed E-state index contributed by atoms with van der Waals surface area (Å²) in [4.78, 5) is 32.4. The van der Waals surface area contributed by atoms with E-state index < -0.39 is 12.5 Å². The number of fused-ring (bicyclic) bond motifs is 1. The van der Waals surface area contributed by atoms with E-state index in [2.05, 4.69) is 9.72 Å². The fourth-order valence-electron chi connectivity index (χ4n) is 4.12. The largest absolute Gasteiger partial charge is 0.573 e. The van der Waals surface area contributed by atoms with Crippen molar-refractivity contribution in [2.75, 3.05) is 37.6 Å². The Kier molecular flexibility index (Phi) is 5.91. The van der Waals surface area contributed by atoms with Crippen LogP contribution >= 0.6 is 0 Å². The summed E-state index contributed by atoms with van der Waals surface area (Å²) in [5, 5.41) is 0. The smallest absolute Gasteiger partial charge is 0.445 e. The minimum Gasteiger partial charge on any atom is -0.445 e. The van der Waals surface area contributed by atoms with Gasteiger partial charge in [-0.25, -0.2) is 9.78 Å². The van der Waals surface area contributed by atoms with Gasteiger partial charge in [-0.2, -0.15) is 0 Å². The highest BCUT2D eigenvalue weighted by Gasteiger charge is 2.43. The molecule has 2 saturated heterocycles. The standard InChI is InChI=1S/C21H22F3N5O4/c22-21(23,24)33-16-3-1-12(2-4-16)11-32-20(31)29-9-14-7-28(8-15(14)10-29)19(30)13-5-17(25)18(26)27-6-13/h1-6,14-15H,7-11,25H2,(H2,26,27). The maximum atomic E-state index is 12.7. The summed E-state index contributed by atoms with van der Waals surface area (Å²) in [5.74, 6) is -0.111. The highest BCUT2D eigenvalue weighted by molar-refractivity contribution is 5.95. The molecular weight excluding hydrogens is 443 g/mol. The molecule has 2 aromatic rings. The third-order valence-corrected chi connectivity index (χ3v) is 5.75. The van der Waals surface area contributed by atoms with Gasteiger partial charge in [-0.05, 0) is 23.8 Å². The maximum absolute atomic E-state index is 12.7. The lowest BCUT2D eigenvalue weighted by molar-refractivity contribution is -0.274. The maximum Gasteiger partial charge on any atom is 0.573 e. The third-order valence-electron chi connectivity index (χ3n) is 5.75. The molecule has 2 fully saturated rings. The monoisotopic (exact) mass is 465 g/mol. The lowest BCUT2D eigenvalue weighted by Crippen LogP contribution is -2.36. The Morgan fingerprint density at radius 2 is 1.64 bits per heavy atom. The van der Waals surface area contributed by atoms with Gasteiger partial charge >= 0.3 is 12.5 Å². The number of alkyl halides is 3. The van der Waals surface area contributed by atoms with Crippen LogP contribution in [0.3, 0.4) is 0 Å². The van der Waals surface area contributed by atoms with Crippen molar-refractivity contribution in [2.24, 2.45) is 11.8 Å². The molecule has 0 saturated carbocycles. The van der Waals surface area contributed by atoms with E-state index in [1.54, 1.807) is 9.80 Å². The Bertz CT molecular complexity index is 1030. The van der Waals surface area contributed by atoms with Crippen molar-refractivity contribution in [3.8, 4) is 5.75 Å². The van der Waals surface area contributed by atoms with Gasteiger partial charge in [-0.3, -0.25) is 4.79 Å². The van der Waals surface area contributed by atoms with Crippen LogP contribution in [0.15, 0.2) is 36.5 Å². The zero-order valence-corrected chi connectivity index (χ0v) is 17.4. The SMILES string of the molecule is Nc1cc(C(=O)N2CC3CN(C(=O)OCc4ccc(OC(F)(F)F)cc4)CC3C2)cnc1N. The quantitative estimate of drug-likeness (QED) is 0.711. The first-order valence-corrected chi connectivity index (χ1v) is 10.2. The van der Waals surface area contributed by atoms with Crippen molar-refractivity contribution in [3.05, 3.63) is 47.7 Å². The number of hydrogen-bond acceptors (Lipinski definition) is 7. The van der Waals surface area contributed by atoms with Crippen LogP contribution in [-0.4, -0.2) is 59.3 Å². The molecule has 2 aliphatic heterocycles. The molecule has 1 aromatic heterocycles. The normalized spacial score (nSPS) is 20.0. The number of rotatable bonds is 4. The summed E-state index contributed by atoms with van der Waals surface area (Å²) in [5.41, 5.74) is 12.5. The van der Waals surface area contributed by atoms with Crippen LogP contribution in [0.5, 0.6) is 5.75 Å². The number of pyridine rings is 1. The van der Waals surface area contributed by atoms with Gasteiger partial charge in [0.25, 0.3) is 5.91 Å². The number of carbonyl (C=O) groups is 2. The summed E-state index contributed by atoms with van der Waals surface area (Å²) < 4.78 is 45.8. The van der Waals surface area contributed by atoms with Crippen LogP contribution in [0.4, 0.5) is 29.5 Å². The molecule has 4 N–H and O–H groups in total. The zero-order chi connectivity index (χ0) is 23.8. The van der Waals surface area contributed by atoms with Crippen LogP contribution in [0.2, 0.25) is 0 Å². The van der Waals surface area contributed by atoms with Gasteiger partial charge in [0.15, 0.2) is 0 Å². The number of benzene rings is 1. The molecule has 12 heteroatoms. The summed E-state index contributed by atoms with van der Waals surface area (Å²) in [7, 11) is 0. The molecule has 2 atom stereocenters. The molecule has 9 nitrogen and oxygen atoms in total. The molecule has 176 valence electrons. The second-order valence-corrected chi connectivity index (χ2v) is 8.08. The number of likely N-dealkylation sites (tertiary alicyclic amines) is 2. The summed E-state index contributed by atoms with van der Waals surface area (Å²) >= 11 is 0. The first kappa shape index (κ1) is 22.5. The summed E-state index contributed by atoms with van der Waals surface area (Å²) in [6.45, 7) is 1.82. The van der Waals surface area contributed by atoms with Crippen LogP contribution in [0.25, 0.3) is 0 Å². The first-order valence-electron chi connectivity index (χ1n) is 10.2.